The van der Waals surface area contributed by atoms with Crippen molar-refractivity contribution in [1.29, 1.82) is 0 Å². The fraction of sp³-hybridized carbons (Fsp3) is 0.436. The van der Waals surface area contributed by atoms with Crippen LogP contribution in [0.15, 0.2) is 48.8 Å². The van der Waals surface area contributed by atoms with Crippen molar-refractivity contribution >= 4 is 33.7 Å². The SMILES string of the molecule is CC(C)C(C)(O)C1CN(c2nc(-c3[nH]nc4ncccc34)c(F)cc2F)CCN1.OC1(C2CCCN(c3nc(-c4[nH]nc5ncccc45)c(F)cc3F)C2)CC1. The molecule has 9 rings (SSSR count). The Kier molecular flexibility index (Phi) is 9.87. The number of H-pyrrole nitrogens is 2. The lowest BCUT2D eigenvalue weighted by atomic mass is 9.84. The molecule has 13 nitrogen and oxygen atoms in total. The average Bonchev–Trinajstić information content (AvgIpc) is 3.59. The summed E-state index contributed by atoms with van der Waals surface area (Å²) in [6, 6.07) is 8.42. The van der Waals surface area contributed by atoms with Gasteiger partial charge in [-0.05, 0) is 62.8 Å². The Bertz CT molecular complexity index is 2380. The Morgan fingerprint density at radius 2 is 1.34 bits per heavy atom. The molecule has 8 heterocycles. The first-order chi connectivity index (χ1) is 26.8. The van der Waals surface area contributed by atoms with E-state index in [0.717, 1.165) is 37.8 Å². The van der Waals surface area contributed by atoms with Gasteiger partial charge in [0.05, 0.1) is 28.6 Å². The van der Waals surface area contributed by atoms with Gasteiger partial charge in [0.1, 0.15) is 11.4 Å². The fourth-order valence-corrected chi connectivity index (χ4v) is 7.65. The summed E-state index contributed by atoms with van der Waals surface area (Å²) in [5, 5.41) is 39.5. The number of piperidine rings is 1. The second-order valence-corrected chi connectivity index (χ2v) is 15.4. The van der Waals surface area contributed by atoms with E-state index in [9.17, 15) is 27.8 Å². The highest BCUT2D eigenvalue weighted by Crippen LogP contribution is 2.46. The molecule has 0 radical (unpaired) electrons. The number of anilines is 2. The number of halogens is 4. The maximum atomic E-state index is 14.7. The summed E-state index contributed by atoms with van der Waals surface area (Å²) in [5.74, 6) is -2.68. The molecule has 17 heteroatoms. The third kappa shape index (κ3) is 7.03. The molecule has 3 unspecified atom stereocenters. The van der Waals surface area contributed by atoms with Gasteiger partial charge in [-0.3, -0.25) is 10.2 Å². The molecular formula is C39H43F4N11O2. The number of nitrogens with one attached hydrogen (secondary N) is 3. The highest BCUT2D eigenvalue weighted by atomic mass is 19.1. The number of piperazine rings is 1. The predicted molar refractivity (Wildman–Crippen MR) is 203 cm³/mol. The van der Waals surface area contributed by atoms with E-state index in [4.69, 9.17) is 0 Å². The zero-order valence-corrected chi connectivity index (χ0v) is 31.2. The standard InChI is InChI=1S/C20H24F2N6O.C19H19F2N5O/c1-11(2)20(3,29)15-10-28(8-7-23-15)19-14(22)9-13(21)17(25-19)16-12-5-4-6-24-18(12)27-26-16;20-13-9-14(21)18(26-8-2-3-11(10-26)19(27)5-6-19)23-16(13)15-12-4-1-7-22-17(12)25-24-15/h4-6,9,11,15,23,29H,7-8,10H2,1-3H3,(H,24,26,27);1,4,7,9,11,27H,2-3,5-6,8,10H2,(H,22,24,25). The van der Waals surface area contributed by atoms with Gasteiger partial charge < -0.3 is 25.3 Å². The molecule has 3 aliphatic rings. The van der Waals surface area contributed by atoms with E-state index >= 15 is 0 Å². The van der Waals surface area contributed by atoms with Crippen LogP contribution in [0.1, 0.15) is 46.5 Å². The van der Waals surface area contributed by atoms with Crippen molar-refractivity contribution in [3.8, 4) is 22.8 Å². The van der Waals surface area contributed by atoms with Crippen LogP contribution in [-0.2, 0) is 0 Å². The molecular weight excluding hydrogens is 730 g/mol. The molecule has 0 aromatic carbocycles. The van der Waals surface area contributed by atoms with Crippen molar-refractivity contribution in [2.75, 3.05) is 42.5 Å². The first-order valence-electron chi connectivity index (χ1n) is 18.8. The van der Waals surface area contributed by atoms with Crippen molar-refractivity contribution < 1.29 is 27.8 Å². The molecule has 56 heavy (non-hydrogen) atoms. The fourth-order valence-electron chi connectivity index (χ4n) is 7.65. The Balaban J connectivity index is 0.000000158. The number of rotatable bonds is 7. The summed E-state index contributed by atoms with van der Waals surface area (Å²) in [6.45, 7) is 8.19. The number of pyridine rings is 4. The zero-order valence-electron chi connectivity index (χ0n) is 31.2. The number of fused-ring (bicyclic) bond motifs is 2. The number of aliphatic hydroxyl groups is 2. The highest BCUT2D eigenvalue weighted by molar-refractivity contribution is 5.90. The topological polar surface area (TPSA) is 168 Å². The third-order valence-electron chi connectivity index (χ3n) is 11.5. The maximum Gasteiger partial charge on any atom is 0.181 e. The Morgan fingerprint density at radius 1 is 0.804 bits per heavy atom. The summed E-state index contributed by atoms with van der Waals surface area (Å²) in [4.78, 5) is 20.5. The third-order valence-corrected chi connectivity index (χ3v) is 11.5. The molecule has 2 saturated heterocycles. The van der Waals surface area contributed by atoms with Gasteiger partial charge in [0.2, 0.25) is 0 Å². The molecule has 0 bridgehead atoms. The molecule has 6 aromatic heterocycles. The summed E-state index contributed by atoms with van der Waals surface area (Å²) in [6.07, 6.45) is 6.54. The summed E-state index contributed by atoms with van der Waals surface area (Å²) >= 11 is 0. The number of aromatic nitrogens is 8. The van der Waals surface area contributed by atoms with Gasteiger partial charge >= 0.3 is 0 Å². The van der Waals surface area contributed by atoms with Crippen molar-refractivity contribution in [3.05, 3.63) is 72.1 Å². The first kappa shape index (κ1) is 37.7. The van der Waals surface area contributed by atoms with Crippen molar-refractivity contribution in [2.45, 2.75) is 63.7 Å². The van der Waals surface area contributed by atoms with Gasteiger partial charge in [0.25, 0.3) is 0 Å². The number of nitrogens with zero attached hydrogens (tertiary/aromatic N) is 8. The Morgan fingerprint density at radius 3 is 1.86 bits per heavy atom. The lowest BCUT2D eigenvalue weighted by molar-refractivity contribution is -0.0232. The molecule has 294 valence electrons. The average molecular weight is 774 g/mol. The van der Waals surface area contributed by atoms with Crippen LogP contribution >= 0.6 is 0 Å². The monoisotopic (exact) mass is 773 g/mol. The minimum atomic E-state index is -0.983. The lowest BCUT2D eigenvalue weighted by Crippen LogP contribution is -2.62. The van der Waals surface area contributed by atoms with Gasteiger partial charge in [-0.2, -0.15) is 10.2 Å². The molecule has 3 atom stereocenters. The molecule has 0 amide bonds. The number of hydrogen-bond acceptors (Lipinski definition) is 11. The first-order valence-corrected chi connectivity index (χ1v) is 18.8. The zero-order chi connectivity index (χ0) is 39.4. The van der Waals surface area contributed by atoms with E-state index in [2.05, 4.69) is 45.6 Å². The van der Waals surface area contributed by atoms with Gasteiger partial charge in [-0.25, -0.2) is 37.5 Å². The minimum absolute atomic E-state index is 0.00499. The van der Waals surface area contributed by atoms with Crippen LogP contribution in [0, 0.1) is 35.1 Å². The second-order valence-electron chi connectivity index (χ2n) is 15.4. The minimum Gasteiger partial charge on any atom is -0.390 e. The van der Waals surface area contributed by atoms with Gasteiger partial charge in [-0.1, -0.05) is 13.8 Å². The van der Waals surface area contributed by atoms with E-state index in [0.29, 0.717) is 66.2 Å². The predicted octanol–water partition coefficient (Wildman–Crippen LogP) is 5.52. The van der Waals surface area contributed by atoms with Gasteiger partial charge in [0, 0.05) is 73.9 Å². The highest BCUT2D eigenvalue weighted by Gasteiger charge is 2.49. The normalized spacial score (nSPS) is 20.6. The van der Waals surface area contributed by atoms with Gasteiger partial charge in [0.15, 0.2) is 46.2 Å². The van der Waals surface area contributed by atoms with E-state index in [1.165, 1.54) is 0 Å². The van der Waals surface area contributed by atoms with Gasteiger partial charge in [-0.15, -0.1) is 0 Å². The largest absolute Gasteiger partial charge is 0.390 e. The molecule has 0 spiro atoms. The van der Waals surface area contributed by atoms with Crippen molar-refractivity contribution in [1.82, 2.24) is 45.6 Å². The van der Waals surface area contributed by atoms with Crippen LogP contribution in [0.5, 0.6) is 0 Å². The molecule has 2 aliphatic heterocycles. The smallest absolute Gasteiger partial charge is 0.181 e. The van der Waals surface area contributed by atoms with Crippen LogP contribution in [0.3, 0.4) is 0 Å². The molecule has 5 N–H and O–H groups in total. The van der Waals surface area contributed by atoms with Crippen molar-refractivity contribution in [3.63, 3.8) is 0 Å². The quantitative estimate of drug-likeness (QED) is 0.130. The van der Waals surface area contributed by atoms with Crippen LogP contribution in [0.2, 0.25) is 0 Å². The van der Waals surface area contributed by atoms with Crippen LogP contribution < -0.4 is 15.1 Å². The second kappa shape index (κ2) is 14.7. The van der Waals surface area contributed by atoms with Crippen LogP contribution in [0.4, 0.5) is 29.2 Å². The molecule has 6 aromatic rings. The number of hydrogen-bond donors (Lipinski definition) is 5. The molecule has 3 fully saturated rings. The van der Waals surface area contributed by atoms with E-state index < -0.39 is 34.5 Å². The van der Waals surface area contributed by atoms with E-state index in [1.54, 1.807) is 48.5 Å². The van der Waals surface area contributed by atoms with E-state index in [1.807, 2.05) is 18.7 Å². The van der Waals surface area contributed by atoms with E-state index in [-0.39, 0.29) is 40.9 Å². The number of aromatic amines is 2. The summed E-state index contributed by atoms with van der Waals surface area (Å²) < 4.78 is 58.4. The molecule has 1 aliphatic carbocycles. The summed E-state index contributed by atoms with van der Waals surface area (Å²) in [5.41, 5.74) is 0.0287. The molecule has 1 saturated carbocycles. The lowest BCUT2D eigenvalue weighted by Gasteiger charge is -2.43. The maximum absolute atomic E-state index is 14.7. The Labute approximate surface area is 319 Å². The van der Waals surface area contributed by atoms with Crippen LogP contribution in [0.25, 0.3) is 44.8 Å². The summed E-state index contributed by atoms with van der Waals surface area (Å²) in [7, 11) is 0. The van der Waals surface area contributed by atoms with Crippen LogP contribution in [-0.4, -0.2) is 101 Å². The Hall–Kier alpha value is -5.26. The van der Waals surface area contributed by atoms with Crippen molar-refractivity contribution in [2.24, 2.45) is 11.8 Å².